The maximum atomic E-state index is 5.15. The van der Waals surface area contributed by atoms with Crippen molar-refractivity contribution in [2.45, 2.75) is 0 Å². The standard InChI is InChI=1S/C37H24N2S/c1-3-9-24(10-4-1)36-32-17-15-28(38-32)22-26-21-27(31-14-8-7-13-30(26)31)23-29-16-18-33(39-29)37(25-11-5-2-6-12-25)35-20-19-34(36)40-35/h1-23,38H. The lowest BCUT2D eigenvalue weighted by atomic mass is 10.0. The van der Waals surface area contributed by atoms with E-state index in [1.54, 1.807) is 0 Å². The van der Waals surface area contributed by atoms with Crippen LogP contribution in [0.2, 0.25) is 0 Å². The van der Waals surface area contributed by atoms with Crippen LogP contribution >= 0.6 is 11.3 Å². The van der Waals surface area contributed by atoms with Gasteiger partial charge in [0.1, 0.15) is 0 Å². The van der Waals surface area contributed by atoms with Crippen LogP contribution in [0.1, 0.15) is 11.4 Å². The number of hydrogen-bond donors (Lipinski definition) is 1. The van der Waals surface area contributed by atoms with Gasteiger partial charge >= 0.3 is 0 Å². The van der Waals surface area contributed by atoms with Crippen molar-refractivity contribution in [2.75, 3.05) is 0 Å². The van der Waals surface area contributed by atoms with E-state index in [4.69, 9.17) is 4.98 Å². The fourth-order valence-corrected chi connectivity index (χ4v) is 6.94. The molecule has 0 unspecified atom stereocenters. The third kappa shape index (κ3) is 3.91. The number of aromatic nitrogens is 2. The first-order valence-electron chi connectivity index (χ1n) is 13.5. The minimum Gasteiger partial charge on any atom is -0.355 e. The molecule has 1 aliphatic carbocycles. The van der Waals surface area contributed by atoms with Crippen LogP contribution in [-0.4, -0.2) is 9.97 Å². The summed E-state index contributed by atoms with van der Waals surface area (Å²) in [5.74, 6) is 0. The smallest absolute Gasteiger partial charge is 0.0730 e. The molecule has 4 heterocycles. The van der Waals surface area contributed by atoms with Crippen molar-refractivity contribution in [1.29, 1.82) is 0 Å². The summed E-state index contributed by atoms with van der Waals surface area (Å²) in [7, 11) is 0. The molecule has 8 bridgehead atoms. The molecule has 3 aromatic heterocycles. The summed E-state index contributed by atoms with van der Waals surface area (Å²) in [5, 5.41) is 0. The molecule has 2 aliphatic rings. The lowest BCUT2D eigenvalue weighted by Crippen LogP contribution is -1.83. The van der Waals surface area contributed by atoms with E-state index in [1.807, 2.05) is 11.3 Å². The number of nitrogens with zero attached hydrogens (tertiary/aromatic N) is 1. The van der Waals surface area contributed by atoms with Gasteiger partial charge < -0.3 is 4.98 Å². The highest BCUT2D eigenvalue weighted by atomic mass is 32.1. The van der Waals surface area contributed by atoms with Gasteiger partial charge in [0, 0.05) is 31.6 Å². The molecule has 0 radical (unpaired) electrons. The number of rotatable bonds is 2. The van der Waals surface area contributed by atoms with Crippen LogP contribution in [-0.2, 0) is 0 Å². The predicted octanol–water partition coefficient (Wildman–Crippen LogP) is 10.5. The summed E-state index contributed by atoms with van der Waals surface area (Å²) in [5.41, 5.74) is 13.7. The van der Waals surface area contributed by atoms with Gasteiger partial charge in [-0.2, -0.15) is 0 Å². The highest BCUT2D eigenvalue weighted by Crippen LogP contribution is 2.41. The van der Waals surface area contributed by atoms with Gasteiger partial charge in [-0.3, -0.25) is 0 Å². The van der Waals surface area contributed by atoms with Crippen LogP contribution in [0, 0.1) is 0 Å². The van der Waals surface area contributed by atoms with Gasteiger partial charge in [0.2, 0.25) is 0 Å². The van der Waals surface area contributed by atoms with E-state index in [0.29, 0.717) is 0 Å². The molecule has 188 valence electrons. The summed E-state index contributed by atoms with van der Waals surface area (Å²) in [6.07, 6.45) is 4.29. The van der Waals surface area contributed by atoms with Gasteiger partial charge in [0.05, 0.1) is 11.4 Å². The summed E-state index contributed by atoms with van der Waals surface area (Å²) < 4.78 is 2.42. The van der Waals surface area contributed by atoms with E-state index >= 15 is 0 Å². The van der Waals surface area contributed by atoms with Crippen molar-refractivity contribution in [3.05, 3.63) is 139 Å². The molecular formula is C37H24N2S. The third-order valence-electron chi connectivity index (χ3n) is 7.59. The first kappa shape index (κ1) is 22.9. The van der Waals surface area contributed by atoms with Gasteiger partial charge in [-0.15, -0.1) is 11.3 Å². The number of aromatic amines is 1. The number of nitrogens with one attached hydrogen (secondary N) is 1. The first-order valence-corrected chi connectivity index (χ1v) is 14.3. The zero-order chi connectivity index (χ0) is 26.5. The first-order chi connectivity index (χ1) is 19.8. The molecular weight excluding hydrogens is 504 g/mol. The van der Waals surface area contributed by atoms with E-state index in [1.165, 1.54) is 48.3 Å². The topological polar surface area (TPSA) is 28.7 Å². The SMILES string of the molecule is C1=Cc2nc1cc1cc(cc3ccc([nH]3)c(-c3ccccc3)c3ccc(s3)c2-c2ccccc2)-c2ccccc2-1. The number of H-pyrrole nitrogens is 1. The van der Waals surface area contributed by atoms with Crippen molar-refractivity contribution in [2.24, 2.45) is 0 Å². The Morgan fingerprint density at radius 3 is 1.85 bits per heavy atom. The lowest BCUT2D eigenvalue weighted by molar-refractivity contribution is 1.32. The molecule has 0 atom stereocenters. The third-order valence-corrected chi connectivity index (χ3v) is 8.71. The second-order valence-corrected chi connectivity index (χ2v) is 11.2. The second-order valence-electron chi connectivity index (χ2n) is 10.1. The van der Waals surface area contributed by atoms with Gasteiger partial charge in [0.25, 0.3) is 0 Å². The van der Waals surface area contributed by atoms with Crippen LogP contribution < -0.4 is 0 Å². The lowest BCUT2D eigenvalue weighted by Gasteiger charge is -2.03. The van der Waals surface area contributed by atoms with Crippen molar-refractivity contribution in [3.63, 3.8) is 0 Å². The highest BCUT2D eigenvalue weighted by Gasteiger charge is 2.16. The molecule has 0 fully saturated rings. The molecule has 0 spiro atoms. The molecule has 40 heavy (non-hydrogen) atoms. The maximum Gasteiger partial charge on any atom is 0.0730 e. The van der Waals surface area contributed by atoms with Crippen molar-refractivity contribution in [3.8, 4) is 44.5 Å². The summed E-state index contributed by atoms with van der Waals surface area (Å²) in [6, 6.07) is 45.5. The molecule has 1 aliphatic heterocycles. The number of thiophene rings is 1. The van der Waals surface area contributed by atoms with Crippen molar-refractivity contribution in [1.82, 2.24) is 9.97 Å². The fourth-order valence-electron chi connectivity index (χ4n) is 5.78. The van der Waals surface area contributed by atoms with Crippen LogP contribution in [0.3, 0.4) is 0 Å². The summed E-state index contributed by atoms with van der Waals surface area (Å²) in [6.45, 7) is 0. The Morgan fingerprint density at radius 2 is 1.12 bits per heavy atom. The molecule has 0 saturated heterocycles. The van der Waals surface area contributed by atoms with Crippen LogP contribution in [0.25, 0.3) is 77.1 Å². The van der Waals surface area contributed by atoms with Gasteiger partial charge in [-0.1, -0.05) is 84.9 Å². The summed E-state index contributed by atoms with van der Waals surface area (Å²) >= 11 is 1.81. The average molecular weight is 529 g/mol. The van der Waals surface area contributed by atoms with E-state index in [2.05, 4.69) is 145 Å². The van der Waals surface area contributed by atoms with Crippen LogP contribution in [0.4, 0.5) is 0 Å². The molecule has 2 nitrogen and oxygen atoms in total. The van der Waals surface area contributed by atoms with E-state index in [-0.39, 0.29) is 0 Å². The minimum absolute atomic E-state index is 0.966. The minimum atomic E-state index is 0.966. The Kier molecular flexibility index (Phi) is 5.35. The average Bonchev–Trinajstić information content (AvgIpc) is 3.80. The highest BCUT2D eigenvalue weighted by molar-refractivity contribution is 7.24. The van der Waals surface area contributed by atoms with Gasteiger partial charge in [-0.05, 0) is 88.0 Å². The van der Waals surface area contributed by atoms with E-state index in [0.717, 1.165) is 28.0 Å². The largest absolute Gasteiger partial charge is 0.355 e. The maximum absolute atomic E-state index is 5.15. The molecule has 0 saturated carbocycles. The van der Waals surface area contributed by atoms with E-state index < -0.39 is 0 Å². The molecule has 3 heteroatoms. The quantitative estimate of drug-likeness (QED) is 0.237. The monoisotopic (exact) mass is 528 g/mol. The molecule has 3 aromatic carbocycles. The predicted molar refractivity (Wildman–Crippen MR) is 171 cm³/mol. The number of hydrogen-bond acceptors (Lipinski definition) is 2. The summed E-state index contributed by atoms with van der Waals surface area (Å²) in [4.78, 5) is 8.89. The van der Waals surface area contributed by atoms with Crippen LogP contribution in [0.5, 0.6) is 0 Å². The van der Waals surface area contributed by atoms with Gasteiger partial charge in [0.15, 0.2) is 0 Å². The Hall–Kier alpha value is -4.99. The van der Waals surface area contributed by atoms with Gasteiger partial charge in [-0.25, -0.2) is 4.98 Å². The Morgan fingerprint density at radius 1 is 0.500 bits per heavy atom. The molecule has 6 aromatic rings. The zero-order valence-electron chi connectivity index (χ0n) is 21.6. The Labute approximate surface area is 236 Å². The zero-order valence-corrected chi connectivity index (χ0v) is 22.5. The van der Waals surface area contributed by atoms with E-state index in [9.17, 15) is 0 Å². The molecule has 0 amide bonds. The molecule has 1 N–H and O–H groups in total. The normalized spacial score (nSPS) is 11.9. The second kappa shape index (κ2) is 9.33. The van der Waals surface area contributed by atoms with Crippen molar-refractivity contribution >= 4 is 43.9 Å². The number of benzene rings is 3. The van der Waals surface area contributed by atoms with Crippen LogP contribution in [0.15, 0.2) is 127 Å². The fraction of sp³-hybridized carbons (Fsp3) is 0. The number of fused-ring (bicyclic) bond motifs is 11. The Bertz CT molecular complexity index is 2100. The van der Waals surface area contributed by atoms with Crippen molar-refractivity contribution < 1.29 is 0 Å². The molecule has 8 rings (SSSR count). The Balaban J connectivity index is 1.54.